The van der Waals surface area contributed by atoms with Crippen LogP contribution in [-0.4, -0.2) is 45.2 Å². The van der Waals surface area contributed by atoms with E-state index in [4.69, 9.17) is 42.1 Å². The lowest BCUT2D eigenvalue weighted by Gasteiger charge is -2.15. The molecule has 11 heteroatoms. The van der Waals surface area contributed by atoms with E-state index < -0.39 is 17.7 Å². The largest absolute Gasteiger partial charge is 0.493 e. The minimum atomic E-state index is -1.44. The van der Waals surface area contributed by atoms with Crippen molar-refractivity contribution in [2.75, 3.05) is 32.8 Å². The summed E-state index contributed by atoms with van der Waals surface area (Å²) in [5.74, 6) is 0.0607. The highest BCUT2D eigenvalue weighted by atomic mass is 35.5. The lowest BCUT2D eigenvalue weighted by atomic mass is 10.2. The molecule has 0 bridgehead atoms. The van der Waals surface area contributed by atoms with Gasteiger partial charge >= 0.3 is 0 Å². The number of benzene rings is 2. The molecule has 1 atom stereocenters. The van der Waals surface area contributed by atoms with Crippen LogP contribution in [0.3, 0.4) is 0 Å². The van der Waals surface area contributed by atoms with Crippen LogP contribution in [0.5, 0.6) is 23.0 Å². The van der Waals surface area contributed by atoms with Crippen LogP contribution in [0.1, 0.15) is 20.8 Å². The molecule has 0 fully saturated rings. The second-order valence-electron chi connectivity index (χ2n) is 6.50. The summed E-state index contributed by atoms with van der Waals surface area (Å²) in [4.78, 5) is 25.0. The Morgan fingerprint density at radius 2 is 1.58 bits per heavy atom. The summed E-state index contributed by atoms with van der Waals surface area (Å²) in [6.45, 7) is 5.49. The number of amides is 1. The molecule has 0 saturated carbocycles. The van der Waals surface area contributed by atoms with Crippen LogP contribution in [0.25, 0.3) is 0 Å². The number of halogens is 2. The highest BCUT2D eigenvalue weighted by Gasteiger charge is 2.25. The standard InChI is InChI=1S/C22H25Cl2N3O6/c1-6-32-20-13(23)8-9-15(21(20)33-7-2)26-27-19(12(3)28)22(29)25-16-11-18(31-5)17(30-4)10-14(16)24/h8-11,19H,6-7H2,1-5H3,(H,25,29). The van der Waals surface area contributed by atoms with Gasteiger partial charge in [-0.2, -0.15) is 10.2 Å². The molecule has 0 aliphatic carbocycles. The van der Waals surface area contributed by atoms with Crippen LogP contribution in [-0.2, 0) is 9.59 Å². The molecule has 0 heterocycles. The Bertz CT molecular complexity index is 1050. The predicted octanol–water partition coefficient (Wildman–Crippen LogP) is 5.49. The summed E-state index contributed by atoms with van der Waals surface area (Å²) < 4.78 is 21.6. The van der Waals surface area contributed by atoms with Crippen molar-refractivity contribution in [3.05, 3.63) is 34.3 Å². The number of azo groups is 1. The van der Waals surface area contributed by atoms with Gasteiger partial charge in [-0.15, -0.1) is 0 Å². The molecule has 2 aromatic carbocycles. The summed E-state index contributed by atoms with van der Waals surface area (Å²) in [5.41, 5.74) is 0.480. The van der Waals surface area contributed by atoms with E-state index in [1.807, 2.05) is 0 Å². The quantitative estimate of drug-likeness (QED) is 0.324. The van der Waals surface area contributed by atoms with Gasteiger partial charge < -0.3 is 24.3 Å². The van der Waals surface area contributed by atoms with Crippen LogP contribution in [0.4, 0.5) is 11.4 Å². The van der Waals surface area contributed by atoms with Gasteiger partial charge in [0.2, 0.25) is 6.04 Å². The molecule has 0 saturated heterocycles. The lowest BCUT2D eigenvalue weighted by Crippen LogP contribution is -2.32. The number of carbonyl (C=O) groups excluding carboxylic acids is 2. The van der Waals surface area contributed by atoms with Crippen LogP contribution in [0, 0.1) is 0 Å². The van der Waals surface area contributed by atoms with E-state index in [0.717, 1.165) is 0 Å². The zero-order valence-electron chi connectivity index (χ0n) is 18.9. The predicted molar refractivity (Wildman–Crippen MR) is 126 cm³/mol. The maximum absolute atomic E-state index is 12.8. The van der Waals surface area contributed by atoms with Gasteiger partial charge in [-0.3, -0.25) is 9.59 Å². The van der Waals surface area contributed by atoms with Crippen LogP contribution in [0.2, 0.25) is 10.0 Å². The number of Topliss-reactive ketones (excluding diaryl/α,β-unsaturated/α-hetero) is 1. The molecule has 2 aromatic rings. The summed E-state index contributed by atoms with van der Waals surface area (Å²) in [7, 11) is 2.91. The van der Waals surface area contributed by atoms with Crippen molar-refractivity contribution >= 4 is 46.3 Å². The van der Waals surface area contributed by atoms with Gasteiger partial charge in [-0.05, 0) is 32.9 Å². The van der Waals surface area contributed by atoms with Crippen molar-refractivity contribution in [1.29, 1.82) is 0 Å². The van der Waals surface area contributed by atoms with Gasteiger partial charge in [0.15, 0.2) is 28.8 Å². The van der Waals surface area contributed by atoms with Crippen LogP contribution < -0.4 is 24.3 Å². The third-order valence-corrected chi connectivity index (χ3v) is 4.88. The monoisotopic (exact) mass is 497 g/mol. The molecular weight excluding hydrogens is 473 g/mol. The molecule has 1 amide bonds. The third-order valence-electron chi connectivity index (χ3n) is 4.27. The third kappa shape index (κ3) is 6.49. The molecular formula is C22H25Cl2N3O6. The first-order valence-electron chi connectivity index (χ1n) is 9.99. The Kier molecular flexibility index (Phi) is 9.74. The molecule has 0 aliphatic rings. The summed E-state index contributed by atoms with van der Waals surface area (Å²) >= 11 is 12.4. The van der Waals surface area contributed by atoms with E-state index in [-0.39, 0.29) is 22.1 Å². The molecule has 9 nitrogen and oxygen atoms in total. The molecule has 2 rings (SSSR count). The number of nitrogens with zero attached hydrogens (tertiary/aromatic N) is 2. The van der Waals surface area contributed by atoms with Crippen molar-refractivity contribution in [1.82, 2.24) is 0 Å². The van der Waals surface area contributed by atoms with Crippen molar-refractivity contribution in [3.8, 4) is 23.0 Å². The highest BCUT2D eigenvalue weighted by molar-refractivity contribution is 6.34. The molecule has 1 N–H and O–H groups in total. The summed E-state index contributed by atoms with van der Waals surface area (Å²) in [6, 6.07) is 4.65. The second-order valence-corrected chi connectivity index (χ2v) is 7.31. The number of ketones is 1. The number of rotatable bonds is 11. The van der Waals surface area contributed by atoms with Gasteiger partial charge in [0.1, 0.15) is 5.69 Å². The van der Waals surface area contributed by atoms with Crippen LogP contribution >= 0.6 is 23.2 Å². The number of nitrogens with one attached hydrogen (secondary N) is 1. The average Bonchev–Trinajstić information content (AvgIpc) is 2.78. The average molecular weight is 498 g/mol. The van der Waals surface area contributed by atoms with Crippen molar-refractivity contribution < 1.29 is 28.5 Å². The second kappa shape index (κ2) is 12.3. The molecule has 0 aromatic heterocycles. The maximum atomic E-state index is 12.8. The molecule has 0 spiro atoms. The first kappa shape index (κ1) is 26.2. The topological polar surface area (TPSA) is 108 Å². The van der Waals surface area contributed by atoms with Crippen molar-refractivity contribution in [3.63, 3.8) is 0 Å². The molecule has 33 heavy (non-hydrogen) atoms. The Hall–Kier alpha value is -3.04. The zero-order valence-corrected chi connectivity index (χ0v) is 20.4. The molecule has 1 unspecified atom stereocenters. The number of anilines is 1. The number of ether oxygens (including phenoxy) is 4. The fourth-order valence-corrected chi connectivity index (χ4v) is 3.16. The number of carbonyl (C=O) groups is 2. The highest BCUT2D eigenvalue weighted by Crippen LogP contribution is 2.43. The number of hydrogen-bond donors (Lipinski definition) is 1. The summed E-state index contributed by atoms with van der Waals surface area (Å²) in [5, 5.41) is 11.1. The van der Waals surface area contributed by atoms with E-state index in [9.17, 15) is 9.59 Å². The Morgan fingerprint density at radius 1 is 0.970 bits per heavy atom. The van der Waals surface area contributed by atoms with Crippen molar-refractivity contribution in [2.24, 2.45) is 10.2 Å². The fraction of sp³-hybridized carbons (Fsp3) is 0.364. The van der Waals surface area contributed by atoms with Gasteiger partial charge in [0.05, 0.1) is 43.2 Å². The minimum absolute atomic E-state index is 0.193. The Balaban J connectivity index is 2.36. The number of methoxy groups -OCH3 is 2. The number of hydrogen-bond acceptors (Lipinski definition) is 8. The zero-order chi connectivity index (χ0) is 24.5. The van der Waals surface area contributed by atoms with E-state index in [0.29, 0.717) is 35.5 Å². The molecule has 0 radical (unpaired) electrons. The SMILES string of the molecule is CCOc1c(Cl)ccc(N=NC(C(C)=O)C(=O)Nc2cc(OC)c(OC)cc2Cl)c1OCC. The summed E-state index contributed by atoms with van der Waals surface area (Å²) in [6.07, 6.45) is 0. The van der Waals surface area contributed by atoms with E-state index >= 15 is 0 Å². The first-order chi connectivity index (χ1) is 15.8. The lowest BCUT2D eigenvalue weighted by molar-refractivity contribution is -0.126. The Morgan fingerprint density at radius 3 is 2.15 bits per heavy atom. The molecule has 0 aliphatic heterocycles. The smallest absolute Gasteiger partial charge is 0.258 e. The van der Waals surface area contributed by atoms with Gasteiger partial charge in [0, 0.05) is 12.1 Å². The van der Waals surface area contributed by atoms with Crippen molar-refractivity contribution in [2.45, 2.75) is 26.8 Å². The normalized spacial score (nSPS) is 11.7. The van der Waals surface area contributed by atoms with E-state index in [2.05, 4.69) is 15.5 Å². The van der Waals surface area contributed by atoms with E-state index in [1.165, 1.54) is 33.3 Å². The maximum Gasteiger partial charge on any atom is 0.258 e. The van der Waals surface area contributed by atoms with Gasteiger partial charge in [-0.25, -0.2) is 0 Å². The Labute approximate surface area is 202 Å². The molecule has 178 valence electrons. The first-order valence-corrected chi connectivity index (χ1v) is 10.7. The van der Waals surface area contributed by atoms with Gasteiger partial charge in [0.25, 0.3) is 5.91 Å². The minimum Gasteiger partial charge on any atom is -0.493 e. The van der Waals surface area contributed by atoms with Gasteiger partial charge in [-0.1, -0.05) is 23.2 Å². The van der Waals surface area contributed by atoms with E-state index in [1.54, 1.807) is 26.0 Å². The fourth-order valence-electron chi connectivity index (χ4n) is 2.76. The van der Waals surface area contributed by atoms with Crippen LogP contribution in [0.15, 0.2) is 34.5 Å².